The number of nitrogens with zero attached hydrogens (tertiary/aromatic N) is 2. The lowest BCUT2D eigenvalue weighted by molar-refractivity contribution is 0.182. The Hall–Kier alpha value is -1.07. The Bertz CT molecular complexity index is 498. The van der Waals surface area contributed by atoms with Crippen LogP contribution in [0.1, 0.15) is 27.7 Å². The molecule has 6 heteroatoms. The predicted octanol–water partition coefficient (Wildman–Crippen LogP) is 2.64. The number of methoxy groups -OCH3 is 1. The van der Waals surface area contributed by atoms with Gasteiger partial charge in [0.1, 0.15) is 5.02 Å². The number of rotatable bonds is 7. The summed E-state index contributed by atoms with van der Waals surface area (Å²) in [5.41, 5.74) is 0.393. The molecule has 1 aromatic rings. The van der Waals surface area contributed by atoms with Gasteiger partial charge in [-0.2, -0.15) is 5.10 Å². The second-order valence-corrected chi connectivity index (χ2v) is 6.27. The maximum absolute atomic E-state index is 12.0. The monoisotopic (exact) mass is 301 g/mol. The van der Waals surface area contributed by atoms with Crippen molar-refractivity contribution in [2.75, 3.05) is 25.6 Å². The van der Waals surface area contributed by atoms with Gasteiger partial charge in [0.2, 0.25) is 0 Å². The molecule has 0 fully saturated rings. The van der Waals surface area contributed by atoms with Crippen molar-refractivity contribution < 1.29 is 4.74 Å². The van der Waals surface area contributed by atoms with Gasteiger partial charge in [-0.1, -0.05) is 39.3 Å². The molecule has 0 radical (unpaired) electrons. The molecule has 5 nitrogen and oxygen atoms in total. The summed E-state index contributed by atoms with van der Waals surface area (Å²) in [6.07, 6.45) is 1.59. The highest BCUT2D eigenvalue weighted by Gasteiger charge is 2.22. The summed E-state index contributed by atoms with van der Waals surface area (Å²) in [6.45, 7) is 10.2. The lowest BCUT2D eigenvalue weighted by Gasteiger charge is -2.29. The molecule has 0 amide bonds. The van der Waals surface area contributed by atoms with Crippen LogP contribution in [0.25, 0.3) is 0 Å². The van der Waals surface area contributed by atoms with E-state index < -0.39 is 0 Å². The van der Waals surface area contributed by atoms with Crippen LogP contribution in [0.15, 0.2) is 11.0 Å². The van der Waals surface area contributed by atoms with Gasteiger partial charge in [0.25, 0.3) is 5.56 Å². The summed E-state index contributed by atoms with van der Waals surface area (Å²) in [5, 5.41) is 7.50. The molecule has 0 aliphatic heterocycles. The lowest BCUT2D eigenvalue weighted by atomic mass is 9.81. The second kappa shape index (κ2) is 7.09. The van der Waals surface area contributed by atoms with E-state index in [0.29, 0.717) is 24.8 Å². The van der Waals surface area contributed by atoms with Crippen LogP contribution in [0.4, 0.5) is 5.69 Å². The molecule has 0 saturated carbocycles. The third-order valence-corrected chi connectivity index (χ3v) is 4.15. The minimum Gasteiger partial charge on any atom is -0.383 e. The molecule has 1 N–H and O–H groups in total. The van der Waals surface area contributed by atoms with Gasteiger partial charge in [-0.3, -0.25) is 4.79 Å². The molecule has 1 rings (SSSR count). The van der Waals surface area contributed by atoms with Gasteiger partial charge in [-0.15, -0.1) is 0 Å². The van der Waals surface area contributed by atoms with Gasteiger partial charge in [0.05, 0.1) is 25.0 Å². The minimum absolute atomic E-state index is 0.105. The maximum atomic E-state index is 12.0. The Morgan fingerprint density at radius 2 is 2.15 bits per heavy atom. The molecule has 0 spiro atoms. The van der Waals surface area contributed by atoms with Crippen molar-refractivity contribution in [1.29, 1.82) is 0 Å². The first-order valence-electron chi connectivity index (χ1n) is 6.78. The second-order valence-electron chi connectivity index (χ2n) is 5.89. The van der Waals surface area contributed by atoms with E-state index in [9.17, 15) is 4.79 Å². The molecule has 0 saturated heterocycles. The Kier molecular flexibility index (Phi) is 6.02. The first kappa shape index (κ1) is 17.0. The highest BCUT2D eigenvalue weighted by molar-refractivity contribution is 6.32. The highest BCUT2D eigenvalue weighted by Crippen LogP contribution is 2.27. The van der Waals surface area contributed by atoms with Gasteiger partial charge in [0, 0.05) is 13.7 Å². The zero-order valence-electron chi connectivity index (χ0n) is 12.9. The average molecular weight is 302 g/mol. The number of aromatic nitrogens is 2. The molecule has 114 valence electrons. The minimum atomic E-state index is -0.295. The molecule has 0 aliphatic rings. The zero-order valence-corrected chi connectivity index (χ0v) is 13.6. The SMILES string of the molecule is COCCn1ncc(NCC(C)(C)C(C)C)c(Cl)c1=O. The van der Waals surface area contributed by atoms with Crippen LogP contribution in [0.2, 0.25) is 5.02 Å². The van der Waals surface area contributed by atoms with Gasteiger partial charge < -0.3 is 10.1 Å². The molecule has 0 aliphatic carbocycles. The quantitative estimate of drug-likeness (QED) is 0.841. The topological polar surface area (TPSA) is 56.1 Å². The van der Waals surface area contributed by atoms with Crippen LogP contribution in [0.3, 0.4) is 0 Å². The van der Waals surface area contributed by atoms with E-state index in [1.807, 2.05) is 0 Å². The number of anilines is 1. The van der Waals surface area contributed by atoms with Gasteiger partial charge in [-0.25, -0.2) is 4.68 Å². The van der Waals surface area contributed by atoms with Crippen molar-refractivity contribution in [3.8, 4) is 0 Å². The van der Waals surface area contributed by atoms with Gasteiger partial charge in [-0.05, 0) is 11.3 Å². The molecule has 1 aromatic heterocycles. The summed E-state index contributed by atoms with van der Waals surface area (Å²) in [7, 11) is 1.58. The summed E-state index contributed by atoms with van der Waals surface area (Å²) < 4.78 is 6.24. The van der Waals surface area contributed by atoms with Crippen LogP contribution in [0, 0.1) is 11.3 Å². The molecule has 0 aromatic carbocycles. The maximum Gasteiger partial charge on any atom is 0.287 e. The third-order valence-electron chi connectivity index (χ3n) is 3.79. The molecule has 0 bridgehead atoms. The van der Waals surface area contributed by atoms with E-state index in [2.05, 4.69) is 38.1 Å². The van der Waals surface area contributed by atoms with Gasteiger partial charge in [0.15, 0.2) is 0 Å². The largest absolute Gasteiger partial charge is 0.383 e. The van der Waals surface area contributed by atoms with Crippen molar-refractivity contribution in [3.63, 3.8) is 0 Å². The Balaban J connectivity index is 2.83. The fourth-order valence-corrected chi connectivity index (χ4v) is 1.67. The lowest BCUT2D eigenvalue weighted by Crippen LogP contribution is -2.30. The Morgan fingerprint density at radius 3 is 2.70 bits per heavy atom. The van der Waals surface area contributed by atoms with E-state index >= 15 is 0 Å². The van der Waals surface area contributed by atoms with Crippen LogP contribution >= 0.6 is 11.6 Å². The molecule has 0 atom stereocenters. The number of hydrogen-bond acceptors (Lipinski definition) is 4. The smallest absolute Gasteiger partial charge is 0.287 e. The number of ether oxygens (including phenoxy) is 1. The van der Waals surface area contributed by atoms with E-state index in [4.69, 9.17) is 16.3 Å². The Morgan fingerprint density at radius 1 is 1.50 bits per heavy atom. The number of hydrogen-bond donors (Lipinski definition) is 1. The average Bonchev–Trinajstić information content (AvgIpc) is 2.39. The first-order chi connectivity index (χ1) is 9.29. The van der Waals surface area contributed by atoms with Crippen molar-refractivity contribution >= 4 is 17.3 Å². The van der Waals surface area contributed by atoms with Gasteiger partial charge >= 0.3 is 0 Å². The molecule has 1 heterocycles. The summed E-state index contributed by atoms with van der Waals surface area (Å²) >= 11 is 6.11. The number of nitrogens with one attached hydrogen (secondary N) is 1. The Labute approximate surface area is 125 Å². The van der Waals surface area contributed by atoms with Crippen molar-refractivity contribution in [2.24, 2.45) is 11.3 Å². The van der Waals surface area contributed by atoms with Crippen LogP contribution in [-0.4, -0.2) is 30.0 Å². The van der Waals surface area contributed by atoms with Crippen molar-refractivity contribution in [2.45, 2.75) is 34.2 Å². The zero-order chi connectivity index (χ0) is 15.3. The normalized spacial score (nSPS) is 11.9. The molecular formula is C14H24ClN3O2. The molecular weight excluding hydrogens is 278 g/mol. The van der Waals surface area contributed by atoms with Crippen molar-refractivity contribution in [3.05, 3.63) is 21.6 Å². The molecule has 0 unspecified atom stereocenters. The fourth-order valence-electron chi connectivity index (χ4n) is 1.45. The first-order valence-corrected chi connectivity index (χ1v) is 7.16. The van der Waals surface area contributed by atoms with Crippen LogP contribution in [-0.2, 0) is 11.3 Å². The standard InChI is InChI=1S/C14H24ClN3O2/c1-10(2)14(3,4)9-16-11-8-17-18(6-7-20-5)13(19)12(11)15/h8,10,16H,6-7,9H2,1-5H3. The number of halogens is 1. The highest BCUT2D eigenvalue weighted by atomic mass is 35.5. The van der Waals surface area contributed by atoms with E-state index in [-0.39, 0.29) is 16.0 Å². The van der Waals surface area contributed by atoms with E-state index in [1.165, 1.54) is 4.68 Å². The third kappa shape index (κ3) is 4.21. The van der Waals surface area contributed by atoms with Crippen LogP contribution < -0.4 is 10.9 Å². The van der Waals surface area contributed by atoms with Crippen LogP contribution in [0.5, 0.6) is 0 Å². The summed E-state index contributed by atoms with van der Waals surface area (Å²) in [4.78, 5) is 12.0. The van der Waals surface area contributed by atoms with E-state index in [0.717, 1.165) is 6.54 Å². The van der Waals surface area contributed by atoms with Crippen molar-refractivity contribution in [1.82, 2.24) is 9.78 Å². The fraction of sp³-hybridized carbons (Fsp3) is 0.714. The predicted molar refractivity (Wildman–Crippen MR) is 82.5 cm³/mol. The summed E-state index contributed by atoms with van der Waals surface area (Å²) in [6, 6.07) is 0. The summed E-state index contributed by atoms with van der Waals surface area (Å²) in [5.74, 6) is 0.517. The molecule has 20 heavy (non-hydrogen) atoms. The van der Waals surface area contributed by atoms with E-state index in [1.54, 1.807) is 13.3 Å².